The lowest BCUT2D eigenvalue weighted by Gasteiger charge is -2.27. The molecule has 1 aliphatic heterocycles. The maximum absolute atomic E-state index is 12.3. The number of benzene rings is 1. The van der Waals surface area contributed by atoms with Crippen LogP contribution < -0.4 is 10.2 Å². The molecule has 1 aromatic carbocycles. The lowest BCUT2D eigenvalue weighted by molar-refractivity contribution is -0.122. The Labute approximate surface area is 126 Å². The Kier molecular flexibility index (Phi) is 3.66. The third kappa shape index (κ3) is 2.66. The van der Waals surface area contributed by atoms with Crippen LogP contribution in [-0.4, -0.2) is 24.5 Å². The predicted octanol–water partition coefficient (Wildman–Crippen LogP) is 2.57. The van der Waals surface area contributed by atoms with Crippen LogP contribution in [0.5, 0.6) is 0 Å². The molecule has 3 rings (SSSR count). The summed E-state index contributed by atoms with van der Waals surface area (Å²) in [7, 11) is 0. The summed E-state index contributed by atoms with van der Waals surface area (Å²) in [5, 5.41) is 12.0. The summed E-state index contributed by atoms with van der Waals surface area (Å²) in [6.45, 7) is 0.882. The number of hydrogen-bond donors (Lipinski definition) is 1. The number of carbonyl (C=O) groups is 1. The van der Waals surface area contributed by atoms with E-state index in [1.807, 2.05) is 12.1 Å². The van der Waals surface area contributed by atoms with E-state index >= 15 is 0 Å². The van der Waals surface area contributed by atoms with E-state index in [0.717, 1.165) is 42.4 Å². The van der Waals surface area contributed by atoms with Crippen molar-refractivity contribution in [2.24, 2.45) is 0 Å². The summed E-state index contributed by atoms with van der Waals surface area (Å²) in [5.74, 6) is 0.140. The van der Waals surface area contributed by atoms with Crippen LogP contribution in [0, 0.1) is 11.3 Å². The molecule has 1 aliphatic carbocycles. The number of nitriles is 1. The second-order valence-corrected chi connectivity index (χ2v) is 6.27. The Balaban J connectivity index is 1.80. The molecule has 5 heteroatoms. The third-order valence-electron chi connectivity index (χ3n) is 3.87. The van der Waals surface area contributed by atoms with Crippen LogP contribution >= 0.6 is 15.9 Å². The number of nitrogens with zero attached hydrogens (tertiary/aromatic N) is 2. The van der Waals surface area contributed by atoms with Crippen LogP contribution in [0.2, 0.25) is 0 Å². The molecule has 0 aromatic heterocycles. The fourth-order valence-electron chi connectivity index (χ4n) is 2.66. The van der Waals surface area contributed by atoms with Gasteiger partial charge in [-0.15, -0.1) is 0 Å². The van der Waals surface area contributed by atoms with Crippen molar-refractivity contribution in [3.63, 3.8) is 0 Å². The first-order valence-corrected chi connectivity index (χ1v) is 7.75. The minimum Gasteiger partial charge on any atom is -0.359 e. The van der Waals surface area contributed by atoms with Crippen molar-refractivity contribution >= 4 is 27.5 Å². The molecule has 1 saturated carbocycles. The van der Waals surface area contributed by atoms with Gasteiger partial charge in [0.05, 0.1) is 17.3 Å². The Morgan fingerprint density at radius 3 is 2.85 bits per heavy atom. The van der Waals surface area contributed by atoms with Gasteiger partial charge in [0, 0.05) is 17.1 Å². The van der Waals surface area contributed by atoms with Gasteiger partial charge in [-0.25, -0.2) is 0 Å². The Morgan fingerprint density at radius 2 is 2.20 bits per heavy atom. The van der Waals surface area contributed by atoms with Gasteiger partial charge in [0.25, 0.3) is 0 Å². The highest BCUT2D eigenvalue weighted by atomic mass is 79.9. The maximum Gasteiger partial charge on any atom is 0.242 e. The topological polar surface area (TPSA) is 56.1 Å². The fourth-order valence-corrected chi connectivity index (χ4v) is 3.27. The fraction of sp³-hybridized carbons (Fsp3) is 0.467. The lowest BCUT2D eigenvalue weighted by atomic mass is 10.1. The summed E-state index contributed by atoms with van der Waals surface area (Å²) in [4.78, 5) is 14.4. The summed E-state index contributed by atoms with van der Waals surface area (Å²) < 4.78 is 0.877. The summed E-state index contributed by atoms with van der Waals surface area (Å²) >= 11 is 3.51. The second-order valence-electron chi connectivity index (χ2n) is 5.41. The first kappa shape index (κ1) is 13.4. The molecule has 0 spiro atoms. The third-order valence-corrected chi connectivity index (χ3v) is 4.50. The van der Waals surface area contributed by atoms with Gasteiger partial charge in [0.1, 0.15) is 6.04 Å². The summed E-state index contributed by atoms with van der Waals surface area (Å²) in [6.07, 6.45) is 4.14. The average molecular weight is 334 g/mol. The zero-order chi connectivity index (χ0) is 14.1. The highest BCUT2D eigenvalue weighted by molar-refractivity contribution is 9.10. The molecule has 0 bridgehead atoms. The molecule has 0 radical (unpaired) electrons. The van der Waals surface area contributed by atoms with Crippen molar-refractivity contribution in [2.45, 2.75) is 37.8 Å². The first-order chi connectivity index (χ1) is 9.69. The molecule has 2 fully saturated rings. The van der Waals surface area contributed by atoms with Gasteiger partial charge in [0.2, 0.25) is 5.91 Å². The Morgan fingerprint density at radius 1 is 1.40 bits per heavy atom. The second kappa shape index (κ2) is 5.45. The Bertz CT molecular complexity index is 577. The molecule has 4 nitrogen and oxygen atoms in total. The molecular weight excluding hydrogens is 318 g/mol. The molecule has 0 unspecified atom stereocenters. The standard InChI is InChI=1S/C15H16BrN3O/c16-12-8-10(9-17)3-6-13(12)19-7-1-2-14(19)15(20)18-11-4-5-11/h3,6,8,11,14H,1-2,4-5,7H2,(H,18,20)/t14-/m0/s1. The van der Waals surface area contributed by atoms with Gasteiger partial charge < -0.3 is 10.2 Å². The number of anilines is 1. The van der Waals surface area contributed by atoms with Crippen molar-refractivity contribution < 1.29 is 4.79 Å². The van der Waals surface area contributed by atoms with E-state index in [1.165, 1.54) is 0 Å². The van der Waals surface area contributed by atoms with Crippen LogP contribution in [0.3, 0.4) is 0 Å². The number of amides is 1. The van der Waals surface area contributed by atoms with E-state index in [2.05, 4.69) is 32.2 Å². The first-order valence-electron chi connectivity index (χ1n) is 6.95. The molecule has 1 aromatic rings. The van der Waals surface area contributed by atoms with E-state index in [1.54, 1.807) is 6.07 Å². The number of hydrogen-bond acceptors (Lipinski definition) is 3. The van der Waals surface area contributed by atoms with Gasteiger partial charge in [0.15, 0.2) is 0 Å². The van der Waals surface area contributed by atoms with Gasteiger partial charge in [-0.3, -0.25) is 4.79 Å². The van der Waals surface area contributed by atoms with E-state index in [4.69, 9.17) is 5.26 Å². The molecule has 1 saturated heterocycles. The molecular formula is C15H16BrN3O. The molecule has 104 valence electrons. The monoisotopic (exact) mass is 333 g/mol. The zero-order valence-electron chi connectivity index (χ0n) is 11.1. The van der Waals surface area contributed by atoms with Crippen LogP contribution in [0.4, 0.5) is 5.69 Å². The number of rotatable bonds is 3. The molecule has 1 amide bonds. The normalized spacial score (nSPS) is 21.6. The molecule has 2 aliphatic rings. The van der Waals surface area contributed by atoms with Crippen molar-refractivity contribution in [1.29, 1.82) is 5.26 Å². The molecule has 1 atom stereocenters. The highest BCUT2D eigenvalue weighted by Crippen LogP contribution is 2.33. The zero-order valence-corrected chi connectivity index (χ0v) is 12.7. The van der Waals surface area contributed by atoms with Gasteiger partial charge in [-0.05, 0) is 59.8 Å². The minimum atomic E-state index is -0.0835. The SMILES string of the molecule is N#Cc1ccc(N2CCC[C@H]2C(=O)NC2CC2)c(Br)c1. The van der Waals surface area contributed by atoms with Crippen LogP contribution in [0.25, 0.3) is 0 Å². The lowest BCUT2D eigenvalue weighted by Crippen LogP contribution is -2.44. The van der Waals surface area contributed by atoms with E-state index in [0.29, 0.717) is 11.6 Å². The van der Waals surface area contributed by atoms with E-state index in [-0.39, 0.29) is 11.9 Å². The average Bonchev–Trinajstić information content (AvgIpc) is 3.12. The van der Waals surface area contributed by atoms with E-state index in [9.17, 15) is 4.79 Å². The number of carbonyl (C=O) groups excluding carboxylic acids is 1. The van der Waals surface area contributed by atoms with Gasteiger partial charge >= 0.3 is 0 Å². The van der Waals surface area contributed by atoms with Crippen molar-refractivity contribution in [2.75, 3.05) is 11.4 Å². The largest absolute Gasteiger partial charge is 0.359 e. The molecule has 1 N–H and O–H groups in total. The predicted molar refractivity (Wildman–Crippen MR) is 80.4 cm³/mol. The maximum atomic E-state index is 12.3. The molecule has 20 heavy (non-hydrogen) atoms. The highest BCUT2D eigenvalue weighted by Gasteiger charge is 2.34. The van der Waals surface area contributed by atoms with Crippen LogP contribution in [-0.2, 0) is 4.79 Å². The van der Waals surface area contributed by atoms with Crippen LogP contribution in [0.1, 0.15) is 31.2 Å². The quantitative estimate of drug-likeness (QED) is 0.924. The van der Waals surface area contributed by atoms with E-state index < -0.39 is 0 Å². The van der Waals surface area contributed by atoms with Crippen LogP contribution in [0.15, 0.2) is 22.7 Å². The van der Waals surface area contributed by atoms with Crippen molar-refractivity contribution in [1.82, 2.24) is 5.32 Å². The van der Waals surface area contributed by atoms with Crippen molar-refractivity contribution in [3.8, 4) is 6.07 Å². The number of nitrogens with one attached hydrogen (secondary N) is 1. The smallest absolute Gasteiger partial charge is 0.242 e. The Hall–Kier alpha value is -1.54. The molecule has 1 heterocycles. The van der Waals surface area contributed by atoms with Crippen molar-refractivity contribution in [3.05, 3.63) is 28.2 Å². The number of halogens is 1. The van der Waals surface area contributed by atoms with Gasteiger partial charge in [-0.2, -0.15) is 5.26 Å². The minimum absolute atomic E-state index is 0.0835. The summed E-state index contributed by atoms with van der Waals surface area (Å²) in [6, 6.07) is 7.97. The van der Waals surface area contributed by atoms with Gasteiger partial charge in [-0.1, -0.05) is 0 Å². The summed E-state index contributed by atoms with van der Waals surface area (Å²) in [5.41, 5.74) is 1.62.